The topological polar surface area (TPSA) is 84.8 Å². The van der Waals surface area contributed by atoms with Crippen molar-refractivity contribution in [1.82, 2.24) is 24.4 Å². The number of aromatic nitrogens is 3. The van der Waals surface area contributed by atoms with E-state index < -0.39 is 0 Å². The number of likely N-dealkylation sites (tertiary alicyclic amines) is 1. The van der Waals surface area contributed by atoms with Crippen LogP contribution < -0.4 is 10.9 Å². The number of hydrogen-bond donors (Lipinski definition) is 1. The number of rotatable bonds is 5. The molecule has 0 bridgehead atoms. The van der Waals surface area contributed by atoms with Gasteiger partial charge in [-0.05, 0) is 25.9 Å². The molecule has 0 aromatic carbocycles. The molecule has 0 aliphatic carbocycles. The Morgan fingerprint density at radius 1 is 1.29 bits per heavy atom. The Morgan fingerprint density at radius 2 is 2.12 bits per heavy atom. The van der Waals surface area contributed by atoms with Crippen LogP contribution in [0.1, 0.15) is 12.8 Å². The summed E-state index contributed by atoms with van der Waals surface area (Å²) in [6.45, 7) is 3.56. The number of fused-ring (bicyclic) bond motifs is 3. The maximum atomic E-state index is 12.5. The molecule has 24 heavy (non-hydrogen) atoms. The van der Waals surface area contributed by atoms with E-state index in [9.17, 15) is 9.59 Å². The van der Waals surface area contributed by atoms with Gasteiger partial charge in [-0.1, -0.05) is 0 Å². The highest BCUT2D eigenvalue weighted by Gasteiger charge is 2.14. The highest BCUT2D eigenvalue weighted by atomic mass is 16.3. The van der Waals surface area contributed by atoms with Gasteiger partial charge < -0.3 is 14.6 Å². The Bertz CT molecular complexity index is 932. The first-order chi connectivity index (χ1) is 11.7. The molecule has 0 saturated carbocycles. The SMILES string of the molecule is O=C(Cn1ncn2c(cc3occc32)c1=O)NCCN1CCCC1. The van der Waals surface area contributed by atoms with Crippen LogP contribution in [0.2, 0.25) is 0 Å². The standard InChI is InChI=1S/C16H19N5O3/c22-15(17-4-7-19-5-1-2-6-19)10-21-16(23)13-9-14-12(3-8-24-14)20(13)11-18-21/h3,8-9,11H,1-2,4-7,10H2,(H,17,22). The molecule has 1 N–H and O–H groups in total. The van der Waals surface area contributed by atoms with Crippen molar-refractivity contribution in [3.05, 3.63) is 35.1 Å². The van der Waals surface area contributed by atoms with Gasteiger partial charge in [0.25, 0.3) is 5.56 Å². The van der Waals surface area contributed by atoms with Crippen molar-refractivity contribution in [3.8, 4) is 0 Å². The van der Waals surface area contributed by atoms with Crippen LogP contribution in [-0.2, 0) is 11.3 Å². The maximum absolute atomic E-state index is 12.5. The van der Waals surface area contributed by atoms with Crippen molar-refractivity contribution in [2.45, 2.75) is 19.4 Å². The van der Waals surface area contributed by atoms with Crippen LogP contribution in [0.25, 0.3) is 16.6 Å². The van der Waals surface area contributed by atoms with E-state index in [0.29, 0.717) is 17.6 Å². The second kappa shape index (κ2) is 6.12. The number of nitrogens with zero attached hydrogens (tertiary/aromatic N) is 4. The zero-order chi connectivity index (χ0) is 16.5. The Kier molecular flexibility index (Phi) is 3.81. The van der Waals surface area contributed by atoms with Gasteiger partial charge in [0.05, 0.1) is 11.8 Å². The number of nitrogens with one attached hydrogen (secondary N) is 1. The molecule has 0 atom stereocenters. The summed E-state index contributed by atoms with van der Waals surface area (Å²) in [5.41, 5.74) is 1.56. The number of amides is 1. The number of hydrogen-bond acceptors (Lipinski definition) is 5. The molecule has 0 unspecified atom stereocenters. The monoisotopic (exact) mass is 329 g/mol. The number of carbonyl (C=O) groups is 1. The second-order valence-electron chi connectivity index (χ2n) is 6.06. The number of furan rings is 1. The van der Waals surface area contributed by atoms with E-state index in [4.69, 9.17) is 4.42 Å². The van der Waals surface area contributed by atoms with E-state index in [1.807, 2.05) is 0 Å². The third kappa shape index (κ3) is 2.69. The lowest BCUT2D eigenvalue weighted by Gasteiger charge is -2.14. The molecule has 1 aliphatic heterocycles. The third-order valence-electron chi connectivity index (χ3n) is 4.46. The zero-order valence-corrected chi connectivity index (χ0v) is 13.3. The minimum absolute atomic E-state index is 0.0815. The van der Waals surface area contributed by atoms with Crippen molar-refractivity contribution in [1.29, 1.82) is 0 Å². The smallest absolute Gasteiger partial charge is 0.291 e. The first-order valence-electron chi connectivity index (χ1n) is 8.16. The van der Waals surface area contributed by atoms with Crippen LogP contribution in [0.4, 0.5) is 0 Å². The molecule has 3 aromatic heterocycles. The van der Waals surface area contributed by atoms with Gasteiger partial charge in [-0.2, -0.15) is 5.10 Å². The Labute approximate surface area is 137 Å². The summed E-state index contributed by atoms with van der Waals surface area (Å²) in [4.78, 5) is 26.8. The molecule has 1 saturated heterocycles. The highest BCUT2D eigenvalue weighted by Crippen LogP contribution is 2.18. The molecular weight excluding hydrogens is 310 g/mol. The van der Waals surface area contributed by atoms with Gasteiger partial charge in [-0.25, -0.2) is 4.68 Å². The summed E-state index contributed by atoms with van der Waals surface area (Å²) in [6.07, 6.45) is 5.56. The summed E-state index contributed by atoms with van der Waals surface area (Å²) in [6, 6.07) is 3.44. The Morgan fingerprint density at radius 3 is 2.96 bits per heavy atom. The van der Waals surface area contributed by atoms with Gasteiger partial charge in [-0.15, -0.1) is 0 Å². The van der Waals surface area contributed by atoms with Crippen LogP contribution in [0.15, 0.2) is 33.9 Å². The predicted octanol–water partition coefficient (Wildman–Crippen LogP) is 0.454. The average molecular weight is 329 g/mol. The Hall–Kier alpha value is -2.61. The van der Waals surface area contributed by atoms with Gasteiger partial charge in [0.15, 0.2) is 5.58 Å². The maximum Gasteiger partial charge on any atom is 0.291 e. The molecule has 8 heteroatoms. The molecule has 4 heterocycles. The van der Waals surface area contributed by atoms with Gasteiger partial charge in [0.1, 0.15) is 18.4 Å². The molecule has 1 amide bonds. The molecular formula is C16H19N5O3. The van der Waals surface area contributed by atoms with E-state index in [0.717, 1.165) is 25.2 Å². The van der Waals surface area contributed by atoms with Gasteiger partial charge in [-0.3, -0.25) is 14.0 Å². The lowest BCUT2D eigenvalue weighted by molar-refractivity contribution is -0.121. The normalized spacial score (nSPS) is 15.5. The Balaban J connectivity index is 1.44. The molecule has 4 rings (SSSR count). The van der Waals surface area contributed by atoms with Crippen molar-refractivity contribution in [3.63, 3.8) is 0 Å². The van der Waals surface area contributed by atoms with Crippen LogP contribution in [0.3, 0.4) is 0 Å². The van der Waals surface area contributed by atoms with Crippen molar-refractivity contribution in [2.75, 3.05) is 26.2 Å². The average Bonchev–Trinajstić information content (AvgIpc) is 3.27. The second-order valence-corrected chi connectivity index (χ2v) is 6.06. The van der Waals surface area contributed by atoms with Gasteiger partial charge >= 0.3 is 0 Å². The van der Waals surface area contributed by atoms with Crippen molar-refractivity contribution >= 4 is 22.5 Å². The van der Waals surface area contributed by atoms with Crippen LogP contribution in [0, 0.1) is 0 Å². The van der Waals surface area contributed by atoms with Crippen LogP contribution in [0.5, 0.6) is 0 Å². The van der Waals surface area contributed by atoms with E-state index in [-0.39, 0.29) is 18.0 Å². The van der Waals surface area contributed by atoms with Crippen LogP contribution >= 0.6 is 0 Å². The van der Waals surface area contributed by atoms with E-state index in [1.165, 1.54) is 23.9 Å². The molecule has 3 aromatic rings. The fourth-order valence-electron chi connectivity index (χ4n) is 3.20. The van der Waals surface area contributed by atoms with Crippen LogP contribution in [-0.4, -0.2) is 51.2 Å². The minimum Gasteiger partial charge on any atom is -0.463 e. The van der Waals surface area contributed by atoms with E-state index >= 15 is 0 Å². The lowest BCUT2D eigenvalue weighted by Crippen LogP contribution is -2.38. The first-order valence-corrected chi connectivity index (χ1v) is 8.16. The zero-order valence-electron chi connectivity index (χ0n) is 13.3. The number of carbonyl (C=O) groups excluding carboxylic acids is 1. The summed E-state index contributed by atoms with van der Waals surface area (Å²) < 4.78 is 8.15. The fourth-order valence-corrected chi connectivity index (χ4v) is 3.20. The molecule has 126 valence electrons. The summed E-state index contributed by atoms with van der Waals surface area (Å²) in [7, 11) is 0. The fraction of sp³-hybridized carbons (Fsp3) is 0.438. The third-order valence-corrected chi connectivity index (χ3v) is 4.46. The minimum atomic E-state index is -0.307. The first kappa shape index (κ1) is 14.9. The van der Waals surface area contributed by atoms with E-state index in [2.05, 4.69) is 15.3 Å². The highest BCUT2D eigenvalue weighted by molar-refractivity contribution is 5.82. The summed E-state index contributed by atoms with van der Waals surface area (Å²) >= 11 is 0. The molecule has 1 fully saturated rings. The van der Waals surface area contributed by atoms with E-state index in [1.54, 1.807) is 22.8 Å². The predicted molar refractivity (Wildman–Crippen MR) is 87.9 cm³/mol. The van der Waals surface area contributed by atoms with Gasteiger partial charge in [0.2, 0.25) is 5.91 Å². The summed E-state index contributed by atoms with van der Waals surface area (Å²) in [5, 5.41) is 6.94. The largest absolute Gasteiger partial charge is 0.463 e. The van der Waals surface area contributed by atoms with Gasteiger partial charge in [0, 0.05) is 25.2 Å². The molecule has 0 spiro atoms. The molecule has 8 nitrogen and oxygen atoms in total. The molecule has 0 radical (unpaired) electrons. The quantitative estimate of drug-likeness (QED) is 0.735. The summed E-state index contributed by atoms with van der Waals surface area (Å²) in [5.74, 6) is -0.205. The van der Waals surface area contributed by atoms with Crippen molar-refractivity contribution < 1.29 is 9.21 Å². The molecule has 1 aliphatic rings. The van der Waals surface area contributed by atoms with Crippen molar-refractivity contribution in [2.24, 2.45) is 0 Å². The lowest BCUT2D eigenvalue weighted by atomic mass is 10.4.